The first-order valence-corrected chi connectivity index (χ1v) is 9.59. The first kappa shape index (κ1) is 17.0. The van der Waals surface area contributed by atoms with Crippen molar-refractivity contribution in [1.82, 2.24) is 9.62 Å². The molecule has 21 heavy (non-hydrogen) atoms. The number of sulfonamides is 1. The minimum Gasteiger partial charge on any atom is -0.452 e. The third kappa shape index (κ3) is 3.88. The van der Waals surface area contributed by atoms with Gasteiger partial charge in [-0.15, -0.1) is 0 Å². The van der Waals surface area contributed by atoms with E-state index >= 15 is 0 Å². The van der Waals surface area contributed by atoms with Gasteiger partial charge in [0.25, 0.3) is 0 Å². The van der Waals surface area contributed by atoms with Gasteiger partial charge in [-0.25, -0.2) is 8.42 Å². The summed E-state index contributed by atoms with van der Waals surface area (Å²) < 4.78 is 32.7. The first-order chi connectivity index (χ1) is 9.84. The van der Waals surface area contributed by atoms with E-state index in [9.17, 15) is 8.42 Å². The molecule has 5 nitrogen and oxygen atoms in total. The largest absolute Gasteiger partial charge is 0.452 e. The lowest BCUT2D eigenvalue weighted by Gasteiger charge is -2.15. The van der Waals surface area contributed by atoms with Crippen LogP contribution < -0.4 is 5.32 Å². The number of nitrogens with zero attached hydrogens (tertiary/aromatic N) is 1. The average Bonchev–Trinajstić information content (AvgIpc) is 3.03. The molecule has 0 spiro atoms. The molecule has 2 rings (SSSR count). The van der Waals surface area contributed by atoms with Crippen molar-refractivity contribution in [1.29, 1.82) is 0 Å². The van der Waals surface area contributed by atoms with Gasteiger partial charge < -0.3 is 9.73 Å². The SMILES string of the molecule is CCC1CCN(S(=O)(=O)c2cc(CNC(C)C)oc2Br)C1. The van der Waals surface area contributed by atoms with Crippen molar-refractivity contribution in [2.24, 2.45) is 5.92 Å². The molecule has 0 radical (unpaired) electrons. The van der Waals surface area contributed by atoms with Gasteiger partial charge in [0.05, 0.1) is 6.54 Å². The molecular weight excluding hydrogens is 356 g/mol. The van der Waals surface area contributed by atoms with E-state index in [0.717, 1.165) is 12.8 Å². The maximum absolute atomic E-state index is 12.7. The van der Waals surface area contributed by atoms with Gasteiger partial charge in [0.1, 0.15) is 10.7 Å². The topological polar surface area (TPSA) is 62.6 Å². The highest BCUT2D eigenvalue weighted by Crippen LogP contribution is 2.32. The number of halogens is 1. The van der Waals surface area contributed by atoms with Crippen molar-refractivity contribution < 1.29 is 12.8 Å². The minimum atomic E-state index is -3.47. The van der Waals surface area contributed by atoms with Gasteiger partial charge >= 0.3 is 0 Å². The number of rotatable bonds is 6. The third-order valence-corrected chi connectivity index (χ3v) is 6.56. The van der Waals surface area contributed by atoms with E-state index in [2.05, 4.69) is 28.2 Å². The molecule has 1 atom stereocenters. The molecule has 1 aromatic heterocycles. The smallest absolute Gasteiger partial charge is 0.247 e. The second-order valence-corrected chi connectivity index (χ2v) is 8.44. The monoisotopic (exact) mass is 378 g/mol. The Balaban J connectivity index is 2.17. The summed E-state index contributed by atoms with van der Waals surface area (Å²) in [5.74, 6) is 1.09. The second-order valence-electron chi connectivity index (χ2n) is 5.81. The van der Waals surface area contributed by atoms with Gasteiger partial charge in [-0.1, -0.05) is 27.2 Å². The molecule has 0 amide bonds. The fourth-order valence-corrected chi connectivity index (χ4v) is 4.95. The Bertz CT molecular complexity index is 583. The number of hydrogen-bond donors (Lipinski definition) is 1. The minimum absolute atomic E-state index is 0.236. The molecule has 1 saturated heterocycles. The van der Waals surface area contributed by atoms with Gasteiger partial charge in [-0.05, 0) is 28.3 Å². The lowest BCUT2D eigenvalue weighted by atomic mass is 10.1. The van der Waals surface area contributed by atoms with Gasteiger partial charge in [0, 0.05) is 25.2 Å². The van der Waals surface area contributed by atoms with Crippen molar-refractivity contribution in [2.75, 3.05) is 13.1 Å². The zero-order chi connectivity index (χ0) is 15.6. The first-order valence-electron chi connectivity index (χ1n) is 7.36. The van der Waals surface area contributed by atoms with Crippen molar-refractivity contribution in [3.63, 3.8) is 0 Å². The second kappa shape index (κ2) is 6.81. The normalized spacial score (nSPS) is 20.5. The predicted molar refractivity (Wildman–Crippen MR) is 85.5 cm³/mol. The van der Waals surface area contributed by atoms with Crippen molar-refractivity contribution in [3.8, 4) is 0 Å². The quantitative estimate of drug-likeness (QED) is 0.826. The molecule has 2 heterocycles. The Morgan fingerprint density at radius 2 is 2.24 bits per heavy atom. The molecule has 1 N–H and O–H groups in total. The van der Waals surface area contributed by atoms with Crippen LogP contribution in [0.15, 0.2) is 20.0 Å². The molecule has 1 fully saturated rings. The summed E-state index contributed by atoms with van der Waals surface area (Å²) in [4.78, 5) is 0.236. The summed E-state index contributed by atoms with van der Waals surface area (Å²) in [6.45, 7) is 7.89. The van der Waals surface area contributed by atoms with Crippen LogP contribution in [0.4, 0.5) is 0 Å². The summed E-state index contributed by atoms with van der Waals surface area (Å²) >= 11 is 3.24. The molecule has 0 aromatic carbocycles. The van der Waals surface area contributed by atoms with E-state index in [1.807, 2.05) is 13.8 Å². The van der Waals surface area contributed by atoms with Crippen LogP contribution in [0.3, 0.4) is 0 Å². The van der Waals surface area contributed by atoms with Gasteiger partial charge in [-0.3, -0.25) is 0 Å². The number of nitrogens with one attached hydrogen (secondary N) is 1. The van der Waals surface area contributed by atoms with Crippen LogP contribution in [0.2, 0.25) is 0 Å². The molecule has 0 saturated carbocycles. The number of furan rings is 1. The van der Waals surface area contributed by atoms with Crippen molar-refractivity contribution >= 4 is 26.0 Å². The van der Waals surface area contributed by atoms with Crippen molar-refractivity contribution in [3.05, 3.63) is 16.5 Å². The fraction of sp³-hybridized carbons (Fsp3) is 0.714. The summed E-state index contributed by atoms with van der Waals surface area (Å²) in [6, 6.07) is 1.94. The van der Waals surface area contributed by atoms with E-state index in [0.29, 0.717) is 42.0 Å². The van der Waals surface area contributed by atoms with E-state index in [-0.39, 0.29) is 4.90 Å². The Hall–Kier alpha value is -0.370. The molecule has 0 aliphatic carbocycles. The maximum Gasteiger partial charge on any atom is 0.247 e. The van der Waals surface area contributed by atoms with Crippen LogP contribution in [0, 0.1) is 5.92 Å². The van der Waals surface area contributed by atoms with E-state index in [1.54, 1.807) is 10.4 Å². The number of hydrogen-bond acceptors (Lipinski definition) is 4. The van der Waals surface area contributed by atoms with Gasteiger partial charge in [0.15, 0.2) is 4.67 Å². The molecule has 1 aliphatic rings. The Labute approximate surface area is 135 Å². The Morgan fingerprint density at radius 1 is 1.52 bits per heavy atom. The van der Waals surface area contributed by atoms with Crippen LogP contribution in [-0.2, 0) is 16.6 Å². The lowest BCUT2D eigenvalue weighted by Crippen LogP contribution is -2.28. The van der Waals surface area contributed by atoms with Crippen LogP contribution in [0.5, 0.6) is 0 Å². The standard InChI is InChI=1S/C14H23BrN2O3S/c1-4-11-5-6-17(9-11)21(18,19)13-7-12(20-14(13)15)8-16-10(2)3/h7,10-11,16H,4-6,8-9H2,1-3H3. The average molecular weight is 379 g/mol. The fourth-order valence-electron chi connectivity index (χ4n) is 2.45. The highest BCUT2D eigenvalue weighted by Gasteiger charge is 2.34. The summed E-state index contributed by atoms with van der Waals surface area (Å²) in [6.07, 6.45) is 1.95. The molecule has 1 aromatic rings. The van der Waals surface area contributed by atoms with Crippen molar-refractivity contribution in [2.45, 2.75) is 51.1 Å². The van der Waals surface area contributed by atoms with Crippen LogP contribution in [0.1, 0.15) is 39.4 Å². The van der Waals surface area contributed by atoms with Crippen LogP contribution >= 0.6 is 15.9 Å². The third-order valence-electron chi connectivity index (χ3n) is 3.83. The molecule has 1 aliphatic heterocycles. The highest BCUT2D eigenvalue weighted by molar-refractivity contribution is 9.10. The van der Waals surface area contributed by atoms with Gasteiger partial charge in [-0.2, -0.15) is 4.31 Å². The molecule has 1 unspecified atom stereocenters. The Morgan fingerprint density at radius 3 is 2.81 bits per heavy atom. The molecule has 120 valence electrons. The summed E-state index contributed by atoms with van der Waals surface area (Å²) in [5.41, 5.74) is 0. The van der Waals surface area contributed by atoms with E-state index in [4.69, 9.17) is 4.42 Å². The summed E-state index contributed by atoms with van der Waals surface area (Å²) in [7, 11) is -3.47. The zero-order valence-corrected chi connectivity index (χ0v) is 15.1. The van der Waals surface area contributed by atoms with E-state index < -0.39 is 10.0 Å². The Kier molecular flexibility index (Phi) is 5.51. The molecular formula is C14H23BrN2O3S. The van der Waals surface area contributed by atoms with Crippen LogP contribution in [-0.4, -0.2) is 31.9 Å². The molecule has 0 bridgehead atoms. The van der Waals surface area contributed by atoms with Crippen LogP contribution in [0.25, 0.3) is 0 Å². The van der Waals surface area contributed by atoms with E-state index in [1.165, 1.54) is 0 Å². The zero-order valence-electron chi connectivity index (χ0n) is 12.7. The maximum atomic E-state index is 12.7. The molecule has 7 heteroatoms. The summed E-state index contributed by atoms with van der Waals surface area (Å²) in [5, 5.41) is 3.22. The van der Waals surface area contributed by atoms with Gasteiger partial charge in [0.2, 0.25) is 10.0 Å². The highest BCUT2D eigenvalue weighted by atomic mass is 79.9. The lowest BCUT2D eigenvalue weighted by molar-refractivity contribution is 0.439. The predicted octanol–water partition coefficient (Wildman–Crippen LogP) is 2.96.